The van der Waals surface area contributed by atoms with E-state index in [1.165, 1.54) is 6.20 Å². The van der Waals surface area contributed by atoms with Gasteiger partial charge in [-0.1, -0.05) is 12.1 Å². The molecule has 196 valence electrons. The van der Waals surface area contributed by atoms with Crippen LogP contribution in [0, 0.1) is 12.7 Å². The minimum absolute atomic E-state index is 0.0947. The van der Waals surface area contributed by atoms with E-state index in [4.69, 9.17) is 14.3 Å². The number of para-hydroxylation sites is 2. The van der Waals surface area contributed by atoms with Gasteiger partial charge in [0.25, 0.3) is 0 Å². The van der Waals surface area contributed by atoms with Crippen molar-refractivity contribution in [2.75, 3.05) is 10.7 Å². The van der Waals surface area contributed by atoms with Crippen molar-refractivity contribution in [3.8, 4) is 0 Å². The van der Waals surface area contributed by atoms with Crippen molar-refractivity contribution < 1.29 is 45.1 Å². The highest BCUT2D eigenvalue weighted by molar-refractivity contribution is 5.74. The Balaban J connectivity index is 0.000000479. The number of nitrogens with zero attached hydrogens (tertiary/aromatic N) is 3. The zero-order valence-electron chi connectivity index (χ0n) is 18.3. The molecule has 0 amide bonds. The van der Waals surface area contributed by atoms with E-state index in [1.807, 2.05) is 0 Å². The Morgan fingerprint density at radius 2 is 1.73 bits per heavy atom. The van der Waals surface area contributed by atoms with Crippen LogP contribution in [0.25, 0.3) is 11.1 Å². The summed E-state index contributed by atoms with van der Waals surface area (Å²) in [5.41, 5.74) is 2.86. The van der Waals surface area contributed by atoms with Gasteiger partial charge in [0.15, 0.2) is 11.4 Å². The Morgan fingerprint density at radius 3 is 2.35 bits per heavy atom. The number of carboxylic acids is 1. The molecule has 0 radical (unpaired) electrons. The molecule has 0 aliphatic rings. The Morgan fingerprint density at radius 1 is 1.08 bits per heavy atom. The normalized spacial score (nSPS) is 11.6. The Hall–Kier alpha value is -4.63. The maximum Gasteiger partial charge on any atom is 0.490 e. The van der Waals surface area contributed by atoms with Gasteiger partial charge in [0.05, 0.1) is 5.56 Å². The standard InChI is InChI=1S/C19H13F4N5O2.C2HF3O2/c1-10-9-24-17(25-13-7-11(19(21,22)23)6-12(20)8-13)26-16(10)27-28-14-4-2-3-5-15(14)30-18(28)29;3-2(4,5)1(6)7/h2-9H,1H3,(H2,24,25,26,27);(H,6,7). The van der Waals surface area contributed by atoms with Gasteiger partial charge in [0, 0.05) is 17.4 Å². The summed E-state index contributed by atoms with van der Waals surface area (Å²) in [5, 5.41) is 9.67. The molecular formula is C21H14F7N5O4. The van der Waals surface area contributed by atoms with Crippen LogP contribution in [0.1, 0.15) is 11.1 Å². The number of benzene rings is 2. The van der Waals surface area contributed by atoms with E-state index in [1.54, 1.807) is 31.2 Å². The molecule has 16 heteroatoms. The van der Waals surface area contributed by atoms with Crippen molar-refractivity contribution in [3.63, 3.8) is 0 Å². The number of oxazole rings is 1. The average molecular weight is 533 g/mol. The molecule has 0 saturated heterocycles. The maximum atomic E-state index is 13.6. The van der Waals surface area contributed by atoms with Gasteiger partial charge < -0.3 is 14.8 Å². The second-order valence-electron chi connectivity index (χ2n) is 7.16. The van der Waals surface area contributed by atoms with Gasteiger partial charge in [-0.05, 0) is 37.3 Å². The van der Waals surface area contributed by atoms with E-state index in [9.17, 15) is 35.5 Å². The molecule has 0 bridgehead atoms. The lowest BCUT2D eigenvalue weighted by Gasteiger charge is -2.13. The van der Waals surface area contributed by atoms with Crippen LogP contribution in [0.5, 0.6) is 0 Å². The van der Waals surface area contributed by atoms with E-state index < -0.39 is 35.5 Å². The van der Waals surface area contributed by atoms with Gasteiger partial charge in [-0.2, -0.15) is 36.0 Å². The predicted molar refractivity (Wildman–Crippen MR) is 115 cm³/mol. The summed E-state index contributed by atoms with van der Waals surface area (Å²) >= 11 is 0. The predicted octanol–water partition coefficient (Wildman–Crippen LogP) is 5.10. The summed E-state index contributed by atoms with van der Waals surface area (Å²) in [6, 6.07) is 8.74. The van der Waals surface area contributed by atoms with Crippen LogP contribution in [0.3, 0.4) is 0 Å². The molecule has 2 aromatic heterocycles. The number of anilines is 3. The number of carboxylic acid groups (broad SMARTS) is 1. The number of carbonyl (C=O) groups is 1. The fourth-order valence-corrected chi connectivity index (χ4v) is 2.75. The first-order valence-corrected chi connectivity index (χ1v) is 9.81. The molecule has 0 fully saturated rings. The number of aromatic nitrogens is 3. The number of fused-ring (bicyclic) bond motifs is 1. The molecular weight excluding hydrogens is 519 g/mol. The van der Waals surface area contributed by atoms with E-state index in [0.717, 1.165) is 16.8 Å². The first kappa shape index (κ1) is 27.0. The molecule has 2 aromatic carbocycles. The Bertz CT molecular complexity index is 1500. The topological polar surface area (TPSA) is 122 Å². The summed E-state index contributed by atoms with van der Waals surface area (Å²) in [7, 11) is 0. The molecule has 0 saturated carbocycles. The van der Waals surface area contributed by atoms with Crippen LogP contribution in [0.15, 0.2) is 57.9 Å². The van der Waals surface area contributed by atoms with Crippen LogP contribution >= 0.6 is 0 Å². The summed E-state index contributed by atoms with van der Waals surface area (Å²) in [6.45, 7) is 1.67. The Labute approximate surface area is 201 Å². The van der Waals surface area contributed by atoms with Crippen molar-refractivity contribution >= 4 is 34.5 Å². The number of hydrogen-bond donors (Lipinski definition) is 3. The van der Waals surface area contributed by atoms with Gasteiger partial charge in [0.1, 0.15) is 11.3 Å². The molecule has 0 unspecified atom stereocenters. The van der Waals surface area contributed by atoms with Gasteiger partial charge in [0.2, 0.25) is 5.95 Å². The first-order chi connectivity index (χ1) is 17.1. The highest BCUT2D eigenvalue weighted by atomic mass is 19.4. The molecule has 0 spiro atoms. The van der Waals surface area contributed by atoms with Crippen molar-refractivity contribution in [1.29, 1.82) is 0 Å². The fourth-order valence-electron chi connectivity index (χ4n) is 2.75. The minimum Gasteiger partial charge on any atom is -0.475 e. The van der Waals surface area contributed by atoms with Crippen molar-refractivity contribution in [2.24, 2.45) is 0 Å². The quantitative estimate of drug-likeness (QED) is 0.310. The highest BCUT2D eigenvalue weighted by Gasteiger charge is 2.38. The summed E-state index contributed by atoms with van der Waals surface area (Å²) in [5.74, 6) is -4.39. The lowest BCUT2D eigenvalue weighted by atomic mass is 10.2. The van der Waals surface area contributed by atoms with Gasteiger partial charge in [-0.3, -0.25) is 5.43 Å². The monoisotopic (exact) mass is 533 g/mol. The second kappa shape index (κ2) is 10.2. The van der Waals surface area contributed by atoms with E-state index in [-0.39, 0.29) is 17.5 Å². The zero-order valence-corrected chi connectivity index (χ0v) is 18.3. The first-order valence-electron chi connectivity index (χ1n) is 9.81. The number of halogens is 7. The van der Waals surface area contributed by atoms with Gasteiger partial charge in [-0.25, -0.2) is 19.0 Å². The van der Waals surface area contributed by atoms with E-state index in [0.29, 0.717) is 22.7 Å². The maximum absolute atomic E-state index is 13.6. The van der Waals surface area contributed by atoms with Crippen LogP contribution < -0.4 is 16.5 Å². The molecule has 9 nitrogen and oxygen atoms in total. The summed E-state index contributed by atoms with van der Waals surface area (Å²) < 4.78 is 90.3. The minimum atomic E-state index is -5.08. The molecule has 4 rings (SSSR count). The molecule has 3 N–H and O–H groups in total. The lowest BCUT2D eigenvalue weighted by molar-refractivity contribution is -0.192. The smallest absolute Gasteiger partial charge is 0.475 e. The number of rotatable bonds is 4. The molecule has 2 heterocycles. The number of nitrogens with one attached hydrogen (secondary N) is 2. The third-order valence-corrected chi connectivity index (χ3v) is 4.40. The van der Waals surface area contributed by atoms with Crippen molar-refractivity contribution in [3.05, 3.63) is 76.2 Å². The summed E-state index contributed by atoms with van der Waals surface area (Å²) in [6.07, 6.45) is -8.39. The van der Waals surface area contributed by atoms with Crippen LogP contribution in [0.2, 0.25) is 0 Å². The molecule has 0 aliphatic heterocycles. The number of aliphatic carboxylic acids is 1. The summed E-state index contributed by atoms with van der Waals surface area (Å²) in [4.78, 5) is 29.2. The van der Waals surface area contributed by atoms with Crippen molar-refractivity contribution in [1.82, 2.24) is 14.6 Å². The Kier molecular flexibility index (Phi) is 7.40. The van der Waals surface area contributed by atoms with Gasteiger partial charge in [-0.15, -0.1) is 0 Å². The van der Waals surface area contributed by atoms with Crippen molar-refractivity contribution in [2.45, 2.75) is 19.3 Å². The largest absolute Gasteiger partial charge is 0.490 e. The van der Waals surface area contributed by atoms with Crippen LogP contribution in [-0.4, -0.2) is 31.9 Å². The van der Waals surface area contributed by atoms with E-state index >= 15 is 0 Å². The number of hydrogen-bond acceptors (Lipinski definition) is 7. The number of aryl methyl sites for hydroxylation is 1. The lowest BCUT2D eigenvalue weighted by Crippen LogP contribution is -2.23. The SMILES string of the molecule is Cc1cnc(Nc2cc(F)cc(C(F)(F)F)c2)nc1Nn1c(=O)oc2ccccc21.O=C(O)C(F)(F)F. The second-order valence-corrected chi connectivity index (χ2v) is 7.16. The molecule has 0 aliphatic carbocycles. The highest BCUT2D eigenvalue weighted by Crippen LogP contribution is 2.32. The average Bonchev–Trinajstić information content (AvgIpc) is 3.10. The fraction of sp³-hybridized carbons (Fsp3) is 0.143. The molecule has 4 aromatic rings. The molecule has 37 heavy (non-hydrogen) atoms. The number of alkyl halides is 6. The van der Waals surface area contributed by atoms with Crippen LogP contribution in [-0.2, 0) is 11.0 Å². The zero-order chi connectivity index (χ0) is 27.5. The van der Waals surface area contributed by atoms with Crippen LogP contribution in [0.4, 0.5) is 48.2 Å². The van der Waals surface area contributed by atoms with E-state index in [2.05, 4.69) is 20.7 Å². The third kappa shape index (κ3) is 6.74. The third-order valence-electron chi connectivity index (χ3n) is 4.40. The van der Waals surface area contributed by atoms with Gasteiger partial charge >= 0.3 is 24.1 Å². The molecule has 0 atom stereocenters.